The van der Waals surface area contributed by atoms with Gasteiger partial charge in [0.15, 0.2) is 0 Å². The Bertz CT molecular complexity index is 520. The molecular weight excluding hydrogens is 216 g/mol. The first kappa shape index (κ1) is 10.6. The normalized spacial score (nSPS) is 26.5. The molecule has 0 aliphatic carbocycles. The highest BCUT2D eigenvalue weighted by atomic mass is 16.2. The third kappa shape index (κ3) is 1.68. The molecule has 1 aromatic heterocycles. The van der Waals surface area contributed by atoms with E-state index in [-0.39, 0.29) is 11.5 Å². The zero-order valence-electron chi connectivity index (χ0n) is 9.93. The van der Waals surface area contributed by atoms with Gasteiger partial charge in [0.25, 0.3) is 5.56 Å². The number of amides is 1. The molecule has 4 heteroatoms. The topological polar surface area (TPSA) is 42.3 Å². The van der Waals surface area contributed by atoms with Crippen molar-refractivity contribution in [3.05, 3.63) is 34.2 Å². The molecule has 2 bridgehead atoms. The molecular formula is C13H16N2O2. The van der Waals surface area contributed by atoms with E-state index in [1.165, 1.54) is 0 Å². The molecule has 17 heavy (non-hydrogen) atoms. The molecule has 3 rings (SSSR count). The molecule has 2 atom stereocenters. The Morgan fingerprint density at radius 2 is 2.12 bits per heavy atom. The predicted octanol–water partition coefficient (Wildman–Crippen LogP) is 0.814. The number of rotatable bonds is 0. The van der Waals surface area contributed by atoms with Gasteiger partial charge in [0.2, 0.25) is 5.91 Å². The van der Waals surface area contributed by atoms with Crippen LogP contribution in [0.1, 0.15) is 25.0 Å². The maximum Gasteiger partial charge on any atom is 0.250 e. The Hall–Kier alpha value is -1.58. The van der Waals surface area contributed by atoms with Gasteiger partial charge in [0.1, 0.15) is 0 Å². The fourth-order valence-electron chi connectivity index (χ4n) is 3.15. The summed E-state index contributed by atoms with van der Waals surface area (Å²) < 4.78 is 1.89. The van der Waals surface area contributed by atoms with Gasteiger partial charge in [-0.1, -0.05) is 6.07 Å². The van der Waals surface area contributed by atoms with Crippen LogP contribution in [0.5, 0.6) is 0 Å². The van der Waals surface area contributed by atoms with Gasteiger partial charge in [0, 0.05) is 44.2 Å². The summed E-state index contributed by atoms with van der Waals surface area (Å²) in [6.45, 7) is 3.94. The minimum Gasteiger partial charge on any atom is -0.342 e. The number of likely N-dealkylation sites (tertiary alicyclic amines) is 1. The maximum atomic E-state index is 11.8. The minimum absolute atomic E-state index is 0.0912. The molecule has 2 unspecified atom stereocenters. The number of piperidine rings is 1. The summed E-state index contributed by atoms with van der Waals surface area (Å²) in [7, 11) is 0. The standard InChI is InChI=1S/C13H16N2O2/c1-9(16)14-6-10-5-11(8-14)12-3-2-4-13(17)15(12)7-10/h2-4,10-11H,5-8H2,1H3. The molecule has 3 heterocycles. The van der Waals surface area contributed by atoms with E-state index in [0.29, 0.717) is 11.8 Å². The van der Waals surface area contributed by atoms with Crippen LogP contribution in [0.15, 0.2) is 23.0 Å². The van der Waals surface area contributed by atoms with Gasteiger partial charge in [-0.2, -0.15) is 0 Å². The molecule has 0 spiro atoms. The van der Waals surface area contributed by atoms with Crippen LogP contribution < -0.4 is 5.56 Å². The number of aromatic nitrogens is 1. The summed E-state index contributed by atoms with van der Waals surface area (Å²) in [5, 5.41) is 0. The first-order valence-electron chi connectivity index (χ1n) is 6.10. The smallest absolute Gasteiger partial charge is 0.250 e. The molecule has 1 saturated heterocycles. The molecule has 2 aliphatic heterocycles. The molecule has 90 valence electrons. The van der Waals surface area contributed by atoms with E-state index >= 15 is 0 Å². The van der Waals surface area contributed by atoms with Crippen LogP contribution in [0.3, 0.4) is 0 Å². The van der Waals surface area contributed by atoms with Gasteiger partial charge >= 0.3 is 0 Å². The van der Waals surface area contributed by atoms with Crippen molar-refractivity contribution >= 4 is 5.91 Å². The SMILES string of the molecule is CC(=O)N1CC2CC(C1)c1cccc(=O)n1C2. The first-order valence-corrected chi connectivity index (χ1v) is 6.10. The van der Waals surface area contributed by atoms with Crippen LogP contribution in [-0.2, 0) is 11.3 Å². The molecule has 0 saturated carbocycles. The third-order valence-electron chi connectivity index (χ3n) is 3.93. The molecule has 0 aromatic carbocycles. The molecule has 1 amide bonds. The van der Waals surface area contributed by atoms with Crippen molar-refractivity contribution in [2.75, 3.05) is 13.1 Å². The van der Waals surface area contributed by atoms with Crippen LogP contribution in [0.2, 0.25) is 0 Å². The zero-order valence-corrected chi connectivity index (χ0v) is 9.93. The van der Waals surface area contributed by atoms with Crippen molar-refractivity contribution in [1.29, 1.82) is 0 Å². The summed E-state index contributed by atoms with van der Waals surface area (Å²) in [4.78, 5) is 25.2. The van der Waals surface area contributed by atoms with Gasteiger partial charge < -0.3 is 9.47 Å². The molecule has 2 aliphatic rings. The number of pyridine rings is 1. The van der Waals surface area contributed by atoms with Gasteiger partial charge in [0.05, 0.1) is 0 Å². The Morgan fingerprint density at radius 1 is 1.29 bits per heavy atom. The molecule has 4 nitrogen and oxygen atoms in total. The second kappa shape index (κ2) is 3.72. The van der Waals surface area contributed by atoms with Crippen molar-refractivity contribution in [1.82, 2.24) is 9.47 Å². The Kier molecular flexibility index (Phi) is 2.31. The number of carbonyl (C=O) groups is 1. The lowest BCUT2D eigenvalue weighted by Crippen LogP contribution is -2.48. The largest absolute Gasteiger partial charge is 0.342 e. The van der Waals surface area contributed by atoms with Crippen molar-refractivity contribution in [3.63, 3.8) is 0 Å². The highest BCUT2D eigenvalue weighted by Gasteiger charge is 2.35. The number of fused-ring (bicyclic) bond motifs is 4. The highest BCUT2D eigenvalue weighted by molar-refractivity contribution is 5.73. The summed E-state index contributed by atoms with van der Waals surface area (Å²) >= 11 is 0. The summed E-state index contributed by atoms with van der Waals surface area (Å²) in [5.41, 5.74) is 1.19. The van der Waals surface area contributed by atoms with E-state index < -0.39 is 0 Å². The lowest BCUT2D eigenvalue weighted by atomic mass is 9.83. The van der Waals surface area contributed by atoms with Crippen LogP contribution in [0.4, 0.5) is 0 Å². The Labute approximate surface area is 99.9 Å². The summed E-state index contributed by atoms with van der Waals surface area (Å²) in [6.07, 6.45) is 1.10. The van der Waals surface area contributed by atoms with Gasteiger partial charge in [-0.3, -0.25) is 9.59 Å². The van der Waals surface area contributed by atoms with E-state index in [2.05, 4.69) is 0 Å². The van der Waals surface area contributed by atoms with Crippen LogP contribution in [-0.4, -0.2) is 28.5 Å². The van der Waals surface area contributed by atoms with Crippen LogP contribution in [0, 0.1) is 5.92 Å². The minimum atomic E-state index is 0.0912. The highest BCUT2D eigenvalue weighted by Crippen LogP contribution is 2.34. The van der Waals surface area contributed by atoms with Crippen LogP contribution >= 0.6 is 0 Å². The maximum absolute atomic E-state index is 11.8. The fraction of sp³-hybridized carbons (Fsp3) is 0.538. The molecule has 0 radical (unpaired) electrons. The van der Waals surface area contributed by atoms with Crippen LogP contribution in [0.25, 0.3) is 0 Å². The molecule has 1 aromatic rings. The van der Waals surface area contributed by atoms with Crippen molar-refractivity contribution in [2.45, 2.75) is 25.8 Å². The number of hydrogen-bond donors (Lipinski definition) is 0. The molecule has 0 N–H and O–H groups in total. The van der Waals surface area contributed by atoms with Gasteiger partial charge in [-0.25, -0.2) is 0 Å². The Balaban J connectivity index is 2.01. The molecule has 1 fully saturated rings. The summed E-state index contributed by atoms with van der Waals surface area (Å²) in [5.74, 6) is 0.914. The first-order chi connectivity index (χ1) is 8.15. The lowest BCUT2D eigenvalue weighted by molar-refractivity contribution is -0.131. The van der Waals surface area contributed by atoms with Crippen molar-refractivity contribution in [3.8, 4) is 0 Å². The van der Waals surface area contributed by atoms with Crippen molar-refractivity contribution in [2.24, 2.45) is 5.92 Å². The Morgan fingerprint density at radius 3 is 2.88 bits per heavy atom. The van der Waals surface area contributed by atoms with E-state index in [0.717, 1.165) is 31.7 Å². The van der Waals surface area contributed by atoms with E-state index in [9.17, 15) is 9.59 Å². The number of carbonyl (C=O) groups excluding carboxylic acids is 1. The third-order valence-corrected chi connectivity index (χ3v) is 3.93. The average molecular weight is 232 g/mol. The quantitative estimate of drug-likeness (QED) is 0.664. The lowest BCUT2D eigenvalue weighted by Gasteiger charge is -2.42. The fourth-order valence-corrected chi connectivity index (χ4v) is 3.15. The van der Waals surface area contributed by atoms with Crippen molar-refractivity contribution < 1.29 is 4.79 Å². The monoisotopic (exact) mass is 232 g/mol. The second-order valence-corrected chi connectivity index (χ2v) is 5.12. The van der Waals surface area contributed by atoms with E-state index in [1.807, 2.05) is 21.6 Å². The second-order valence-electron chi connectivity index (χ2n) is 5.12. The number of nitrogens with zero attached hydrogens (tertiary/aromatic N) is 2. The predicted molar refractivity (Wildman–Crippen MR) is 63.8 cm³/mol. The summed E-state index contributed by atoms with van der Waals surface area (Å²) in [6, 6.07) is 5.46. The zero-order chi connectivity index (χ0) is 12.0. The van der Waals surface area contributed by atoms with E-state index in [4.69, 9.17) is 0 Å². The van der Waals surface area contributed by atoms with Gasteiger partial charge in [-0.05, 0) is 18.4 Å². The van der Waals surface area contributed by atoms with E-state index in [1.54, 1.807) is 13.0 Å². The number of hydrogen-bond acceptors (Lipinski definition) is 2. The van der Waals surface area contributed by atoms with Gasteiger partial charge in [-0.15, -0.1) is 0 Å². The average Bonchev–Trinajstić information content (AvgIpc) is 2.30.